The van der Waals surface area contributed by atoms with Crippen LogP contribution in [0.15, 0.2) is 23.7 Å². The normalized spacial score (nSPS) is 18.9. The Bertz CT molecular complexity index is 594. The molecule has 0 bridgehead atoms. The first kappa shape index (κ1) is 14.2. The molecule has 3 rings (SSSR count). The minimum absolute atomic E-state index is 0.0532. The van der Waals surface area contributed by atoms with E-state index in [0.29, 0.717) is 18.8 Å². The van der Waals surface area contributed by atoms with Gasteiger partial charge in [-0.15, -0.1) is 16.4 Å². The number of hydrogen-bond acceptors (Lipinski definition) is 5. The number of nitrogens with zero attached hydrogens (tertiary/aromatic N) is 4. The van der Waals surface area contributed by atoms with Gasteiger partial charge in [-0.05, 0) is 30.7 Å². The van der Waals surface area contributed by atoms with Gasteiger partial charge in [0.25, 0.3) is 5.91 Å². The van der Waals surface area contributed by atoms with Gasteiger partial charge in [0.1, 0.15) is 0 Å². The number of carbonyl (C=O) groups excluding carboxylic acids is 1. The summed E-state index contributed by atoms with van der Waals surface area (Å²) in [5.41, 5.74) is 6.18. The average molecular weight is 305 g/mol. The SMILES string of the molecule is NC[C@@H]1CCCCN1C(=O)c1cn(Cc2cccs2)nn1. The Morgan fingerprint density at radius 2 is 2.38 bits per heavy atom. The minimum Gasteiger partial charge on any atom is -0.333 e. The van der Waals surface area contributed by atoms with Gasteiger partial charge in [0.15, 0.2) is 5.69 Å². The first-order chi connectivity index (χ1) is 10.3. The van der Waals surface area contributed by atoms with Gasteiger partial charge in [-0.2, -0.15) is 0 Å². The molecule has 1 fully saturated rings. The lowest BCUT2D eigenvalue weighted by molar-refractivity contribution is 0.0617. The molecule has 1 atom stereocenters. The molecule has 2 N–H and O–H groups in total. The Kier molecular flexibility index (Phi) is 4.31. The minimum atomic E-state index is -0.0532. The molecule has 0 radical (unpaired) electrons. The maximum atomic E-state index is 12.5. The van der Waals surface area contributed by atoms with Gasteiger partial charge in [0, 0.05) is 24.0 Å². The summed E-state index contributed by atoms with van der Waals surface area (Å²) < 4.78 is 1.71. The van der Waals surface area contributed by atoms with Crippen molar-refractivity contribution in [2.24, 2.45) is 5.73 Å². The van der Waals surface area contributed by atoms with Crippen LogP contribution in [0.5, 0.6) is 0 Å². The molecule has 3 heterocycles. The van der Waals surface area contributed by atoms with Crippen molar-refractivity contribution in [1.82, 2.24) is 19.9 Å². The molecular weight excluding hydrogens is 286 g/mol. The lowest BCUT2D eigenvalue weighted by atomic mass is 10.0. The highest BCUT2D eigenvalue weighted by molar-refractivity contribution is 7.09. The number of amides is 1. The maximum Gasteiger partial charge on any atom is 0.276 e. The highest BCUT2D eigenvalue weighted by atomic mass is 32.1. The van der Waals surface area contributed by atoms with E-state index in [0.717, 1.165) is 25.8 Å². The average Bonchev–Trinajstić information content (AvgIpc) is 3.19. The molecule has 0 saturated carbocycles. The van der Waals surface area contributed by atoms with E-state index in [4.69, 9.17) is 5.73 Å². The molecule has 1 saturated heterocycles. The van der Waals surface area contributed by atoms with E-state index in [1.165, 1.54) is 4.88 Å². The second kappa shape index (κ2) is 6.36. The number of piperidine rings is 1. The molecule has 0 spiro atoms. The van der Waals surface area contributed by atoms with Crippen LogP contribution in [0.4, 0.5) is 0 Å². The molecule has 0 unspecified atom stereocenters. The van der Waals surface area contributed by atoms with Gasteiger partial charge in [0.05, 0.1) is 12.7 Å². The number of carbonyl (C=O) groups is 1. The molecule has 7 heteroatoms. The van der Waals surface area contributed by atoms with Gasteiger partial charge < -0.3 is 10.6 Å². The molecule has 112 valence electrons. The van der Waals surface area contributed by atoms with E-state index in [1.54, 1.807) is 22.2 Å². The lowest BCUT2D eigenvalue weighted by Crippen LogP contribution is -2.47. The van der Waals surface area contributed by atoms with E-state index in [1.807, 2.05) is 22.4 Å². The van der Waals surface area contributed by atoms with Crippen LogP contribution in [0.3, 0.4) is 0 Å². The van der Waals surface area contributed by atoms with Crippen molar-refractivity contribution in [3.05, 3.63) is 34.3 Å². The summed E-state index contributed by atoms with van der Waals surface area (Å²) in [4.78, 5) is 15.6. The topological polar surface area (TPSA) is 77.0 Å². The zero-order valence-corrected chi connectivity index (χ0v) is 12.6. The molecule has 2 aromatic rings. The quantitative estimate of drug-likeness (QED) is 0.925. The fourth-order valence-electron chi connectivity index (χ4n) is 2.70. The summed E-state index contributed by atoms with van der Waals surface area (Å²) in [6.45, 7) is 1.92. The molecule has 1 aliphatic rings. The van der Waals surface area contributed by atoms with Gasteiger partial charge >= 0.3 is 0 Å². The van der Waals surface area contributed by atoms with Crippen LogP contribution >= 0.6 is 11.3 Å². The van der Waals surface area contributed by atoms with Crippen LogP contribution in [0, 0.1) is 0 Å². The van der Waals surface area contributed by atoms with Crippen LogP contribution in [-0.2, 0) is 6.54 Å². The largest absolute Gasteiger partial charge is 0.333 e. The van der Waals surface area contributed by atoms with E-state index in [9.17, 15) is 4.79 Å². The van der Waals surface area contributed by atoms with Crippen LogP contribution in [0.2, 0.25) is 0 Å². The number of likely N-dealkylation sites (tertiary alicyclic amines) is 1. The van der Waals surface area contributed by atoms with E-state index < -0.39 is 0 Å². The first-order valence-corrected chi connectivity index (χ1v) is 8.09. The van der Waals surface area contributed by atoms with E-state index in [-0.39, 0.29) is 11.9 Å². The van der Waals surface area contributed by atoms with Gasteiger partial charge in [-0.3, -0.25) is 4.79 Å². The predicted octanol–water partition coefficient (Wildman–Crippen LogP) is 1.34. The zero-order valence-electron chi connectivity index (χ0n) is 11.8. The maximum absolute atomic E-state index is 12.5. The molecule has 1 aliphatic heterocycles. The molecular formula is C14H19N5OS. The summed E-state index contributed by atoms with van der Waals surface area (Å²) in [6, 6.07) is 4.18. The van der Waals surface area contributed by atoms with Gasteiger partial charge in [-0.1, -0.05) is 11.3 Å². The standard InChI is InChI=1S/C14H19N5OS/c15-8-11-4-1-2-6-19(11)14(20)13-10-18(17-16-13)9-12-5-3-7-21-12/h3,5,7,10-11H,1-2,4,6,8-9,15H2/t11-/m0/s1. The highest BCUT2D eigenvalue weighted by Crippen LogP contribution is 2.18. The Balaban J connectivity index is 1.71. The van der Waals surface area contributed by atoms with Crippen LogP contribution in [-0.4, -0.2) is 44.9 Å². The Morgan fingerprint density at radius 3 is 3.14 bits per heavy atom. The van der Waals surface area contributed by atoms with Gasteiger partial charge in [0.2, 0.25) is 0 Å². The summed E-state index contributed by atoms with van der Waals surface area (Å²) in [5.74, 6) is -0.0532. The second-order valence-electron chi connectivity index (χ2n) is 5.26. The van der Waals surface area contributed by atoms with Crippen molar-refractivity contribution in [1.29, 1.82) is 0 Å². The number of rotatable bonds is 4. The van der Waals surface area contributed by atoms with E-state index >= 15 is 0 Å². The summed E-state index contributed by atoms with van der Waals surface area (Å²) in [7, 11) is 0. The van der Waals surface area contributed by atoms with Crippen molar-refractivity contribution in [2.75, 3.05) is 13.1 Å². The van der Waals surface area contributed by atoms with Crippen molar-refractivity contribution >= 4 is 17.2 Å². The third-order valence-electron chi connectivity index (χ3n) is 3.82. The number of thiophene rings is 1. The Hall–Kier alpha value is -1.73. The van der Waals surface area contributed by atoms with Crippen molar-refractivity contribution in [3.8, 4) is 0 Å². The monoisotopic (exact) mass is 305 g/mol. The van der Waals surface area contributed by atoms with Crippen molar-refractivity contribution < 1.29 is 4.79 Å². The van der Waals surface area contributed by atoms with Crippen molar-refractivity contribution in [2.45, 2.75) is 31.8 Å². The number of nitrogens with two attached hydrogens (primary N) is 1. The fourth-order valence-corrected chi connectivity index (χ4v) is 3.39. The Labute approximate surface area is 127 Å². The summed E-state index contributed by atoms with van der Waals surface area (Å²) in [5, 5.41) is 10.1. The second-order valence-corrected chi connectivity index (χ2v) is 6.30. The van der Waals surface area contributed by atoms with Gasteiger partial charge in [-0.25, -0.2) is 4.68 Å². The third-order valence-corrected chi connectivity index (χ3v) is 4.68. The highest BCUT2D eigenvalue weighted by Gasteiger charge is 2.28. The number of aromatic nitrogens is 3. The molecule has 1 amide bonds. The van der Waals surface area contributed by atoms with Crippen LogP contribution < -0.4 is 5.73 Å². The molecule has 21 heavy (non-hydrogen) atoms. The summed E-state index contributed by atoms with van der Waals surface area (Å²) >= 11 is 1.67. The van der Waals surface area contributed by atoms with Crippen molar-refractivity contribution in [3.63, 3.8) is 0 Å². The predicted molar refractivity (Wildman–Crippen MR) is 81.2 cm³/mol. The van der Waals surface area contributed by atoms with E-state index in [2.05, 4.69) is 10.3 Å². The molecule has 0 aromatic carbocycles. The lowest BCUT2D eigenvalue weighted by Gasteiger charge is -2.34. The molecule has 2 aromatic heterocycles. The Morgan fingerprint density at radius 1 is 1.48 bits per heavy atom. The summed E-state index contributed by atoms with van der Waals surface area (Å²) in [6.07, 6.45) is 4.87. The smallest absolute Gasteiger partial charge is 0.276 e. The van der Waals surface area contributed by atoms with Crippen LogP contribution in [0.25, 0.3) is 0 Å². The molecule has 0 aliphatic carbocycles. The van der Waals surface area contributed by atoms with Crippen LogP contribution in [0.1, 0.15) is 34.6 Å². The zero-order chi connectivity index (χ0) is 14.7. The first-order valence-electron chi connectivity index (χ1n) is 7.21. The molecule has 6 nitrogen and oxygen atoms in total. The number of hydrogen-bond donors (Lipinski definition) is 1. The third kappa shape index (κ3) is 3.14. The fraction of sp³-hybridized carbons (Fsp3) is 0.500.